The molecular formula is C10H12N4. The van der Waals surface area contributed by atoms with E-state index in [-0.39, 0.29) is 0 Å². The van der Waals surface area contributed by atoms with E-state index < -0.39 is 0 Å². The number of aryl methyl sites for hydroxylation is 1. The number of hydrogen-bond donors (Lipinski definition) is 2. The predicted molar refractivity (Wildman–Crippen MR) is 54.9 cm³/mol. The molecule has 0 radical (unpaired) electrons. The molecule has 0 aliphatic carbocycles. The summed E-state index contributed by atoms with van der Waals surface area (Å²) in [5.41, 5.74) is 1.08. The van der Waals surface area contributed by atoms with E-state index in [4.69, 9.17) is 0 Å². The minimum Gasteiger partial charge on any atom is -0.378 e. The largest absolute Gasteiger partial charge is 0.378 e. The van der Waals surface area contributed by atoms with Gasteiger partial charge in [-0.2, -0.15) is 5.10 Å². The Morgan fingerprint density at radius 2 is 2.07 bits per heavy atom. The summed E-state index contributed by atoms with van der Waals surface area (Å²) in [5, 5.41) is 10.1. The first kappa shape index (κ1) is 8.74. The zero-order chi connectivity index (χ0) is 9.80. The zero-order valence-electron chi connectivity index (χ0n) is 7.99. The molecule has 0 aliphatic rings. The van der Waals surface area contributed by atoms with Gasteiger partial charge < -0.3 is 5.32 Å². The van der Waals surface area contributed by atoms with E-state index in [2.05, 4.69) is 20.5 Å². The van der Waals surface area contributed by atoms with Crippen LogP contribution in [0.15, 0.2) is 30.3 Å². The van der Waals surface area contributed by atoms with Crippen LogP contribution in [0.2, 0.25) is 0 Å². The highest BCUT2D eigenvalue weighted by Gasteiger charge is 1.98. The summed E-state index contributed by atoms with van der Waals surface area (Å²) in [7, 11) is 0. The van der Waals surface area contributed by atoms with Gasteiger partial charge in [-0.1, -0.05) is 18.2 Å². The average Bonchev–Trinajstić information content (AvgIpc) is 2.63. The number of rotatable bonds is 3. The van der Waals surface area contributed by atoms with Gasteiger partial charge in [0.1, 0.15) is 5.82 Å². The highest BCUT2D eigenvalue weighted by atomic mass is 15.2. The van der Waals surface area contributed by atoms with Crippen LogP contribution < -0.4 is 5.32 Å². The summed E-state index contributed by atoms with van der Waals surface area (Å²) in [6.45, 7) is 2.54. The molecule has 0 saturated carbocycles. The van der Waals surface area contributed by atoms with Crippen molar-refractivity contribution in [1.29, 1.82) is 0 Å². The Morgan fingerprint density at radius 3 is 2.71 bits per heavy atom. The van der Waals surface area contributed by atoms with Gasteiger partial charge in [-0.25, -0.2) is 4.98 Å². The van der Waals surface area contributed by atoms with Gasteiger partial charge >= 0.3 is 0 Å². The van der Waals surface area contributed by atoms with Crippen molar-refractivity contribution in [3.63, 3.8) is 0 Å². The SMILES string of the molecule is Cc1nc(CNc2ccccc2)n[nH]1. The van der Waals surface area contributed by atoms with Gasteiger partial charge in [-0.05, 0) is 19.1 Å². The summed E-state index contributed by atoms with van der Waals surface area (Å²) in [4.78, 5) is 4.20. The molecule has 0 saturated heterocycles. The number of nitrogens with one attached hydrogen (secondary N) is 2. The lowest BCUT2D eigenvalue weighted by Crippen LogP contribution is -2.00. The Balaban J connectivity index is 1.95. The molecule has 2 N–H and O–H groups in total. The molecule has 0 bridgehead atoms. The molecule has 0 fully saturated rings. The zero-order valence-corrected chi connectivity index (χ0v) is 7.99. The van der Waals surface area contributed by atoms with Crippen molar-refractivity contribution >= 4 is 5.69 Å². The molecule has 14 heavy (non-hydrogen) atoms. The standard InChI is InChI=1S/C10H12N4/c1-8-12-10(14-13-8)7-11-9-5-3-2-4-6-9/h2-6,11H,7H2,1H3,(H,12,13,14). The highest BCUT2D eigenvalue weighted by molar-refractivity contribution is 5.42. The van der Waals surface area contributed by atoms with Crippen LogP contribution in [0.3, 0.4) is 0 Å². The van der Waals surface area contributed by atoms with Crippen LogP contribution in [0.25, 0.3) is 0 Å². The molecule has 4 heteroatoms. The van der Waals surface area contributed by atoms with Crippen molar-refractivity contribution in [2.45, 2.75) is 13.5 Å². The molecule has 72 valence electrons. The van der Waals surface area contributed by atoms with Crippen molar-refractivity contribution in [3.05, 3.63) is 42.0 Å². The van der Waals surface area contributed by atoms with Crippen LogP contribution in [0.5, 0.6) is 0 Å². The maximum absolute atomic E-state index is 4.20. The van der Waals surface area contributed by atoms with Gasteiger partial charge in [0.25, 0.3) is 0 Å². The van der Waals surface area contributed by atoms with Crippen LogP contribution in [0.1, 0.15) is 11.6 Å². The monoisotopic (exact) mass is 188 g/mol. The quantitative estimate of drug-likeness (QED) is 0.771. The second-order valence-electron chi connectivity index (χ2n) is 3.06. The predicted octanol–water partition coefficient (Wildman–Crippen LogP) is 1.73. The van der Waals surface area contributed by atoms with Gasteiger partial charge in [-0.3, -0.25) is 5.10 Å². The minimum absolute atomic E-state index is 0.647. The number of anilines is 1. The van der Waals surface area contributed by atoms with Crippen molar-refractivity contribution in [1.82, 2.24) is 15.2 Å². The van der Waals surface area contributed by atoms with Gasteiger partial charge in [-0.15, -0.1) is 0 Å². The lowest BCUT2D eigenvalue weighted by Gasteiger charge is -2.01. The van der Waals surface area contributed by atoms with E-state index in [1.54, 1.807) is 0 Å². The number of para-hydroxylation sites is 1. The molecule has 1 heterocycles. The first-order valence-corrected chi connectivity index (χ1v) is 4.51. The summed E-state index contributed by atoms with van der Waals surface area (Å²) in [5.74, 6) is 1.63. The molecule has 2 rings (SSSR count). The van der Waals surface area contributed by atoms with Crippen molar-refractivity contribution in [2.24, 2.45) is 0 Å². The maximum atomic E-state index is 4.20. The fourth-order valence-electron chi connectivity index (χ4n) is 1.21. The normalized spacial score (nSPS) is 10.1. The molecule has 2 aromatic rings. The number of nitrogens with zero attached hydrogens (tertiary/aromatic N) is 2. The second-order valence-corrected chi connectivity index (χ2v) is 3.06. The number of H-pyrrole nitrogens is 1. The van der Waals surface area contributed by atoms with Gasteiger partial charge in [0.2, 0.25) is 0 Å². The van der Waals surface area contributed by atoms with Gasteiger partial charge in [0.15, 0.2) is 5.82 Å². The van der Waals surface area contributed by atoms with Gasteiger partial charge in [0.05, 0.1) is 6.54 Å². The topological polar surface area (TPSA) is 53.6 Å². The van der Waals surface area contributed by atoms with Gasteiger partial charge in [0, 0.05) is 5.69 Å². The molecule has 4 nitrogen and oxygen atoms in total. The summed E-state index contributed by atoms with van der Waals surface area (Å²) >= 11 is 0. The van der Waals surface area contributed by atoms with Crippen LogP contribution in [-0.4, -0.2) is 15.2 Å². The Bertz CT molecular complexity index is 394. The molecule has 0 unspecified atom stereocenters. The number of hydrogen-bond acceptors (Lipinski definition) is 3. The lowest BCUT2D eigenvalue weighted by atomic mass is 10.3. The maximum Gasteiger partial charge on any atom is 0.169 e. The van der Waals surface area contributed by atoms with E-state index >= 15 is 0 Å². The molecule has 0 amide bonds. The molecule has 0 spiro atoms. The van der Waals surface area contributed by atoms with E-state index in [9.17, 15) is 0 Å². The Labute approximate surface area is 82.4 Å². The minimum atomic E-state index is 0.647. The average molecular weight is 188 g/mol. The van der Waals surface area contributed by atoms with Crippen molar-refractivity contribution in [3.8, 4) is 0 Å². The first-order chi connectivity index (χ1) is 6.84. The Kier molecular flexibility index (Phi) is 2.44. The summed E-state index contributed by atoms with van der Waals surface area (Å²) in [6, 6.07) is 10.00. The van der Waals surface area contributed by atoms with Crippen LogP contribution >= 0.6 is 0 Å². The van der Waals surface area contributed by atoms with E-state index in [0.29, 0.717) is 6.54 Å². The third kappa shape index (κ3) is 2.10. The van der Waals surface area contributed by atoms with Crippen LogP contribution in [-0.2, 0) is 6.54 Å². The molecule has 0 aliphatic heterocycles. The van der Waals surface area contributed by atoms with E-state index in [0.717, 1.165) is 17.3 Å². The van der Waals surface area contributed by atoms with E-state index in [1.165, 1.54) is 0 Å². The molecule has 0 atom stereocenters. The third-order valence-electron chi connectivity index (χ3n) is 1.87. The fourth-order valence-corrected chi connectivity index (χ4v) is 1.21. The van der Waals surface area contributed by atoms with Crippen LogP contribution in [0, 0.1) is 6.92 Å². The van der Waals surface area contributed by atoms with Crippen molar-refractivity contribution in [2.75, 3.05) is 5.32 Å². The second kappa shape index (κ2) is 3.91. The lowest BCUT2D eigenvalue weighted by molar-refractivity contribution is 0.953. The highest BCUT2D eigenvalue weighted by Crippen LogP contribution is 2.05. The first-order valence-electron chi connectivity index (χ1n) is 4.51. The summed E-state index contributed by atoms with van der Waals surface area (Å²) in [6.07, 6.45) is 0. The number of aromatic amines is 1. The molecule has 1 aromatic carbocycles. The summed E-state index contributed by atoms with van der Waals surface area (Å²) < 4.78 is 0. The molecule has 1 aromatic heterocycles. The Morgan fingerprint density at radius 1 is 1.29 bits per heavy atom. The Hall–Kier alpha value is -1.84. The fraction of sp³-hybridized carbons (Fsp3) is 0.200. The van der Waals surface area contributed by atoms with Crippen LogP contribution in [0.4, 0.5) is 5.69 Å². The smallest absolute Gasteiger partial charge is 0.169 e. The third-order valence-corrected chi connectivity index (χ3v) is 1.87. The van der Waals surface area contributed by atoms with E-state index in [1.807, 2.05) is 37.3 Å². The van der Waals surface area contributed by atoms with Crippen molar-refractivity contribution < 1.29 is 0 Å². The molecular weight excluding hydrogens is 176 g/mol. The number of aromatic nitrogens is 3. The number of benzene rings is 1.